The van der Waals surface area contributed by atoms with Crippen LogP contribution in [-0.4, -0.2) is 37.4 Å². The summed E-state index contributed by atoms with van der Waals surface area (Å²) in [5.74, 6) is -1.37. The normalized spacial score (nSPS) is 11.9. The maximum absolute atomic E-state index is 12.4. The number of aromatic carboxylic acids is 1. The van der Waals surface area contributed by atoms with Gasteiger partial charge in [-0.3, -0.25) is 0 Å². The van der Waals surface area contributed by atoms with E-state index < -0.39 is 21.6 Å². The quantitative estimate of drug-likeness (QED) is 0.761. The molecule has 8 heteroatoms. The molecule has 0 fully saturated rings. The van der Waals surface area contributed by atoms with Crippen molar-refractivity contribution < 1.29 is 18.3 Å². The molecule has 0 saturated heterocycles. The minimum atomic E-state index is -3.84. The number of unbranched alkanes of at least 4 members (excludes halogenated alkanes) is 2. The number of nitrogens with zero attached hydrogens (tertiary/aromatic N) is 1. The van der Waals surface area contributed by atoms with Crippen molar-refractivity contribution in [2.75, 3.05) is 13.6 Å². The van der Waals surface area contributed by atoms with Gasteiger partial charge in [-0.05, 0) is 18.6 Å². The number of rotatable bonds is 7. The Bertz CT molecular complexity index is 631. The molecule has 5 nitrogen and oxygen atoms in total. The van der Waals surface area contributed by atoms with Crippen LogP contribution >= 0.6 is 23.2 Å². The smallest absolute Gasteiger partial charge is 0.338 e. The first kappa shape index (κ1) is 18.2. The Kier molecular flexibility index (Phi) is 6.46. The Morgan fingerprint density at radius 3 is 2.43 bits per heavy atom. The van der Waals surface area contributed by atoms with Gasteiger partial charge in [-0.15, -0.1) is 0 Å². The summed E-state index contributed by atoms with van der Waals surface area (Å²) < 4.78 is 26.0. The highest BCUT2D eigenvalue weighted by Gasteiger charge is 2.27. The third-order valence-electron chi connectivity index (χ3n) is 3.03. The first-order chi connectivity index (χ1) is 9.73. The van der Waals surface area contributed by atoms with Crippen LogP contribution in [0.2, 0.25) is 10.0 Å². The lowest BCUT2D eigenvalue weighted by Crippen LogP contribution is -2.28. The fraction of sp³-hybridized carbons (Fsp3) is 0.462. The minimum Gasteiger partial charge on any atom is -0.478 e. The fourth-order valence-corrected chi connectivity index (χ4v) is 3.90. The average Bonchev–Trinajstić information content (AvgIpc) is 2.38. The van der Waals surface area contributed by atoms with Gasteiger partial charge in [0.15, 0.2) is 0 Å². The van der Waals surface area contributed by atoms with Crippen molar-refractivity contribution in [1.82, 2.24) is 4.31 Å². The van der Waals surface area contributed by atoms with Crippen molar-refractivity contribution in [3.05, 3.63) is 27.7 Å². The van der Waals surface area contributed by atoms with Crippen LogP contribution in [0.15, 0.2) is 17.0 Å². The van der Waals surface area contributed by atoms with E-state index in [-0.39, 0.29) is 14.9 Å². The number of carboxylic acid groups (broad SMARTS) is 1. The molecule has 0 atom stereocenters. The van der Waals surface area contributed by atoms with E-state index in [1.54, 1.807) is 0 Å². The predicted molar refractivity (Wildman–Crippen MR) is 82.8 cm³/mol. The maximum Gasteiger partial charge on any atom is 0.338 e. The number of sulfonamides is 1. The highest BCUT2D eigenvalue weighted by Crippen LogP contribution is 2.32. The van der Waals surface area contributed by atoms with Crippen LogP contribution in [0.3, 0.4) is 0 Å². The molecule has 1 aromatic carbocycles. The van der Waals surface area contributed by atoms with Crippen LogP contribution in [0.1, 0.15) is 36.5 Å². The van der Waals surface area contributed by atoms with E-state index in [9.17, 15) is 13.2 Å². The summed E-state index contributed by atoms with van der Waals surface area (Å²) in [5.41, 5.74) is -0.402. The molecule has 0 unspecified atom stereocenters. The summed E-state index contributed by atoms with van der Waals surface area (Å²) in [4.78, 5) is 10.9. The number of carboxylic acids is 1. The fourth-order valence-electron chi connectivity index (χ4n) is 1.80. The zero-order valence-electron chi connectivity index (χ0n) is 11.8. The van der Waals surface area contributed by atoms with E-state index in [4.69, 9.17) is 28.3 Å². The van der Waals surface area contributed by atoms with Crippen LogP contribution in [0.4, 0.5) is 0 Å². The van der Waals surface area contributed by atoms with Gasteiger partial charge >= 0.3 is 5.97 Å². The molecule has 0 aliphatic heterocycles. The summed E-state index contributed by atoms with van der Waals surface area (Å²) >= 11 is 11.7. The molecular weight excluding hydrogens is 337 g/mol. The first-order valence-electron chi connectivity index (χ1n) is 6.41. The third-order valence-corrected chi connectivity index (χ3v) is 5.75. The Labute approximate surface area is 134 Å². The topological polar surface area (TPSA) is 74.7 Å². The van der Waals surface area contributed by atoms with Crippen molar-refractivity contribution in [3.8, 4) is 0 Å². The van der Waals surface area contributed by atoms with Gasteiger partial charge < -0.3 is 5.11 Å². The second-order valence-electron chi connectivity index (χ2n) is 4.57. The number of hydrogen-bond donors (Lipinski definition) is 1. The lowest BCUT2D eigenvalue weighted by atomic mass is 10.2. The highest BCUT2D eigenvalue weighted by molar-refractivity contribution is 7.89. The van der Waals surface area contributed by atoms with Crippen LogP contribution < -0.4 is 0 Å². The second-order valence-corrected chi connectivity index (χ2v) is 7.37. The van der Waals surface area contributed by atoms with Crippen molar-refractivity contribution in [2.24, 2.45) is 0 Å². The van der Waals surface area contributed by atoms with Crippen molar-refractivity contribution in [3.63, 3.8) is 0 Å². The van der Waals surface area contributed by atoms with E-state index in [1.807, 2.05) is 6.92 Å². The van der Waals surface area contributed by atoms with Gasteiger partial charge in [0, 0.05) is 13.6 Å². The van der Waals surface area contributed by atoms with Crippen molar-refractivity contribution >= 4 is 39.2 Å². The maximum atomic E-state index is 12.4. The zero-order valence-corrected chi connectivity index (χ0v) is 14.1. The van der Waals surface area contributed by atoms with Gasteiger partial charge in [-0.2, -0.15) is 0 Å². The van der Waals surface area contributed by atoms with E-state index in [2.05, 4.69) is 0 Å². The lowest BCUT2D eigenvalue weighted by molar-refractivity contribution is 0.0697. The van der Waals surface area contributed by atoms with Gasteiger partial charge in [-0.1, -0.05) is 43.0 Å². The Hall–Kier alpha value is -0.820. The number of carbonyl (C=O) groups is 1. The second kappa shape index (κ2) is 7.45. The van der Waals surface area contributed by atoms with Crippen molar-refractivity contribution in [1.29, 1.82) is 0 Å². The molecule has 0 bridgehead atoms. The van der Waals surface area contributed by atoms with Crippen molar-refractivity contribution in [2.45, 2.75) is 31.1 Å². The van der Waals surface area contributed by atoms with Gasteiger partial charge in [-0.25, -0.2) is 17.5 Å². The number of halogens is 2. The summed E-state index contributed by atoms with van der Waals surface area (Å²) in [6.45, 7) is 2.36. The van der Waals surface area contributed by atoms with Gasteiger partial charge in [0.25, 0.3) is 0 Å². The Morgan fingerprint density at radius 2 is 1.90 bits per heavy atom. The monoisotopic (exact) mass is 353 g/mol. The molecule has 0 radical (unpaired) electrons. The molecule has 0 aliphatic rings. The van der Waals surface area contributed by atoms with Crippen LogP contribution in [-0.2, 0) is 10.0 Å². The Balaban J connectivity index is 3.20. The van der Waals surface area contributed by atoms with Crippen LogP contribution in [0.25, 0.3) is 0 Å². The molecule has 0 amide bonds. The molecule has 118 valence electrons. The number of benzene rings is 1. The Morgan fingerprint density at radius 1 is 1.29 bits per heavy atom. The van der Waals surface area contributed by atoms with E-state index in [0.717, 1.165) is 19.3 Å². The highest BCUT2D eigenvalue weighted by atomic mass is 35.5. The summed E-state index contributed by atoms with van der Waals surface area (Å²) in [6.07, 6.45) is 2.61. The largest absolute Gasteiger partial charge is 0.478 e. The molecule has 1 aromatic rings. The van der Waals surface area contributed by atoms with Crippen LogP contribution in [0, 0.1) is 0 Å². The first-order valence-corrected chi connectivity index (χ1v) is 8.60. The number of hydrogen-bond acceptors (Lipinski definition) is 3. The van der Waals surface area contributed by atoms with E-state index >= 15 is 0 Å². The molecule has 0 saturated carbocycles. The molecule has 1 N–H and O–H groups in total. The van der Waals surface area contributed by atoms with Gasteiger partial charge in [0.05, 0.1) is 15.6 Å². The summed E-state index contributed by atoms with van der Waals surface area (Å²) in [7, 11) is -2.40. The molecule has 0 spiro atoms. The molecule has 1 rings (SSSR count). The summed E-state index contributed by atoms with van der Waals surface area (Å²) in [5, 5.41) is 8.61. The van der Waals surface area contributed by atoms with Crippen LogP contribution in [0.5, 0.6) is 0 Å². The minimum absolute atomic E-state index is 0.0971. The summed E-state index contributed by atoms with van der Waals surface area (Å²) in [6, 6.07) is 2.45. The van der Waals surface area contributed by atoms with Gasteiger partial charge in [0.1, 0.15) is 4.90 Å². The molecule has 21 heavy (non-hydrogen) atoms. The molecule has 0 aromatic heterocycles. The average molecular weight is 354 g/mol. The van der Waals surface area contributed by atoms with Gasteiger partial charge in [0.2, 0.25) is 10.0 Å². The SMILES string of the molecule is CCCCCN(C)S(=O)(=O)c1ccc(Cl)c(C(=O)O)c1Cl. The molecule has 0 heterocycles. The van der Waals surface area contributed by atoms with E-state index in [1.165, 1.54) is 23.5 Å². The third kappa shape index (κ3) is 4.10. The molecular formula is C13H17Cl2NO4S. The zero-order chi connectivity index (χ0) is 16.2. The molecule has 0 aliphatic carbocycles. The lowest BCUT2D eigenvalue weighted by Gasteiger charge is -2.18. The predicted octanol–water partition coefficient (Wildman–Crippen LogP) is 3.50. The standard InChI is InChI=1S/C13H17Cl2NO4S/c1-3-4-5-8-16(2)21(19,20)10-7-6-9(14)11(12(10)15)13(17)18/h6-7H,3-5,8H2,1-2H3,(H,17,18). The van der Waals surface area contributed by atoms with E-state index in [0.29, 0.717) is 6.54 Å².